The molecule has 7 heteroatoms. The molecule has 0 atom stereocenters. The first-order valence-electron chi connectivity index (χ1n) is 8.65. The Labute approximate surface area is 156 Å². The second-order valence-corrected chi connectivity index (χ2v) is 7.68. The predicted octanol–water partition coefficient (Wildman–Crippen LogP) is 2.85. The fraction of sp³-hybridized carbons (Fsp3) is 0.316. The van der Waals surface area contributed by atoms with Crippen LogP contribution < -0.4 is 10.6 Å². The highest BCUT2D eigenvalue weighted by molar-refractivity contribution is 7.22. The van der Waals surface area contributed by atoms with Crippen molar-refractivity contribution in [2.75, 3.05) is 36.8 Å². The van der Waals surface area contributed by atoms with E-state index in [1.165, 1.54) is 17.0 Å². The molecule has 0 spiro atoms. The number of anilines is 2. The quantitative estimate of drug-likeness (QED) is 0.754. The minimum atomic E-state index is 0.0558. The van der Waals surface area contributed by atoms with Crippen molar-refractivity contribution in [1.29, 1.82) is 0 Å². The maximum absolute atomic E-state index is 12.8. The van der Waals surface area contributed by atoms with Gasteiger partial charge in [-0.3, -0.25) is 9.78 Å². The number of piperazine rings is 1. The van der Waals surface area contributed by atoms with Gasteiger partial charge >= 0.3 is 0 Å². The number of amides is 1. The summed E-state index contributed by atoms with van der Waals surface area (Å²) in [6.45, 7) is 7.07. The smallest absolute Gasteiger partial charge is 0.254 e. The van der Waals surface area contributed by atoms with Crippen LogP contribution in [0.2, 0.25) is 0 Å². The van der Waals surface area contributed by atoms with E-state index < -0.39 is 0 Å². The van der Waals surface area contributed by atoms with Crippen molar-refractivity contribution in [2.24, 2.45) is 0 Å². The number of carbonyl (C=O) groups is 1. The second kappa shape index (κ2) is 6.57. The maximum Gasteiger partial charge on any atom is 0.254 e. The van der Waals surface area contributed by atoms with Gasteiger partial charge in [0.1, 0.15) is 0 Å². The van der Waals surface area contributed by atoms with Crippen molar-refractivity contribution in [1.82, 2.24) is 14.9 Å². The number of benzene rings is 1. The Hall–Kier alpha value is -2.67. The molecule has 0 radical (unpaired) electrons. The van der Waals surface area contributed by atoms with Gasteiger partial charge in [0.2, 0.25) is 0 Å². The van der Waals surface area contributed by atoms with Crippen LogP contribution >= 0.6 is 11.3 Å². The molecule has 6 nitrogen and oxygen atoms in total. The van der Waals surface area contributed by atoms with Crippen molar-refractivity contribution in [3.63, 3.8) is 0 Å². The van der Waals surface area contributed by atoms with E-state index in [-0.39, 0.29) is 5.91 Å². The summed E-state index contributed by atoms with van der Waals surface area (Å²) in [6.07, 6.45) is 0. The molecule has 0 bridgehead atoms. The van der Waals surface area contributed by atoms with Gasteiger partial charge in [-0.05, 0) is 44.2 Å². The molecule has 134 valence electrons. The molecule has 4 rings (SSSR count). The molecule has 0 saturated carbocycles. The lowest BCUT2D eigenvalue weighted by atomic mass is 10.1. The van der Waals surface area contributed by atoms with E-state index in [1.54, 1.807) is 0 Å². The van der Waals surface area contributed by atoms with Crippen LogP contribution in [0.3, 0.4) is 0 Å². The first kappa shape index (κ1) is 16.8. The van der Waals surface area contributed by atoms with Gasteiger partial charge in [-0.15, -0.1) is 0 Å². The van der Waals surface area contributed by atoms with Crippen molar-refractivity contribution in [2.45, 2.75) is 13.8 Å². The van der Waals surface area contributed by atoms with E-state index >= 15 is 0 Å². The normalized spacial score (nSPS) is 14.8. The number of nitrogen functional groups attached to an aromatic ring is 1. The molecule has 1 aliphatic rings. The number of pyridine rings is 1. The van der Waals surface area contributed by atoms with Gasteiger partial charge < -0.3 is 15.5 Å². The number of thiazole rings is 1. The van der Waals surface area contributed by atoms with Crippen molar-refractivity contribution in [3.05, 3.63) is 47.3 Å². The topological polar surface area (TPSA) is 75.3 Å². The average Bonchev–Trinajstić information content (AvgIpc) is 2.99. The molecule has 0 aliphatic carbocycles. The van der Waals surface area contributed by atoms with Crippen molar-refractivity contribution in [3.8, 4) is 0 Å². The zero-order valence-electron chi connectivity index (χ0n) is 14.9. The minimum absolute atomic E-state index is 0.0558. The monoisotopic (exact) mass is 367 g/mol. The minimum Gasteiger partial charge on any atom is -0.375 e. The summed E-state index contributed by atoms with van der Waals surface area (Å²) in [6, 6.07) is 9.84. The molecule has 1 aromatic carbocycles. The zero-order valence-corrected chi connectivity index (χ0v) is 15.7. The molecular formula is C19H21N5OS. The number of rotatable bonds is 2. The molecule has 1 fully saturated rings. The number of nitrogens with zero attached hydrogens (tertiary/aromatic N) is 4. The predicted molar refractivity (Wildman–Crippen MR) is 106 cm³/mol. The number of nitrogens with two attached hydrogens (primary N) is 1. The van der Waals surface area contributed by atoms with Gasteiger partial charge in [-0.25, -0.2) is 4.98 Å². The van der Waals surface area contributed by atoms with Crippen LogP contribution in [0.1, 0.15) is 21.7 Å². The third kappa shape index (κ3) is 3.22. The van der Waals surface area contributed by atoms with Gasteiger partial charge in [-0.1, -0.05) is 11.3 Å². The summed E-state index contributed by atoms with van der Waals surface area (Å²) in [4.78, 5) is 25.8. The Kier molecular flexibility index (Phi) is 4.24. The van der Waals surface area contributed by atoms with Gasteiger partial charge in [0.05, 0.1) is 10.2 Å². The molecule has 2 N–H and O–H groups in total. The lowest BCUT2D eigenvalue weighted by Crippen LogP contribution is -2.48. The number of aryl methyl sites for hydroxylation is 2. The summed E-state index contributed by atoms with van der Waals surface area (Å²) in [5.41, 5.74) is 10.4. The standard InChI is InChI=1S/C19H21N5OS/c1-12-9-15(10-13(2)21-12)23-5-7-24(8-6-23)18(25)14-3-4-17-16(11-14)22-19(20)26-17/h3-4,9-11H,5-8H2,1-2H3,(H2,20,22). The second-order valence-electron chi connectivity index (χ2n) is 6.62. The van der Waals surface area contributed by atoms with Gasteiger partial charge in [0, 0.05) is 48.8 Å². The van der Waals surface area contributed by atoms with Crippen LogP contribution in [0.5, 0.6) is 0 Å². The fourth-order valence-electron chi connectivity index (χ4n) is 3.42. The van der Waals surface area contributed by atoms with Gasteiger partial charge in [-0.2, -0.15) is 0 Å². The Balaban J connectivity index is 1.47. The molecule has 26 heavy (non-hydrogen) atoms. The summed E-state index contributed by atoms with van der Waals surface area (Å²) in [5, 5.41) is 0.529. The Morgan fingerprint density at radius 2 is 1.73 bits per heavy atom. The zero-order chi connectivity index (χ0) is 18.3. The Morgan fingerprint density at radius 1 is 1.04 bits per heavy atom. The summed E-state index contributed by atoms with van der Waals surface area (Å²) < 4.78 is 1.01. The number of aromatic nitrogens is 2. The van der Waals surface area contributed by atoms with Crippen molar-refractivity contribution < 1.29 is 4.79 Å². The van der Waals surface area contributed by atoms with E-state index in [4.69, 9.17) is 5.73 Å². The number of carbonyl (C=O) groups excluding carboxylic acids is 1. The fourth-order valence-corrected chi connectivity index (χ4v) is 4.14. The number of fused-ring (bicyclic) bond motifs is 1. The third-order valence-corrected chi connectivity index (χ3v) is 5.51. The highest BCUT2D eigenvalue weighted by Crippen LogP contribution is 2.25. The number of hydrogen-bond donors (Lipinski definition) is 1. The molecule has 0 unspecified atom stereocenters. The van der Waals surface area contributed by atoms with E-state index in [9.17, 15) is 4.79 Å². The third-order valence-electron chi connectivity index (χ3n) is 4.65. The van der Waals surface area contributed by atoms with E-state index in [2.05, 4.69) is 27.0 Å². The Morgan fingerprint density at radius 3 is 2.42 bits per heavy atom. The van der Waals surface area contributed by atoms with Crippen LogP contribution in [-0.4, -0.2) is 47.0 Å². The van der Waals surface area contributed by atoms with Crippen LogP contribution in [0.25, 0.3) is 10.2 Å². The Bertz CT molecular complexity index is 955. The molecule has 1 saturated heterocycles. The van der Waals surface area contributed by atoms with Crippen LogP contribution in [0.4, 0.5) is 10.8 Å². The van der Waals surface area contributed by atoms with Crippen LogP contribution in [0.15, 0.2) is 30.3 Å². The highest BCUT2D eigenvalue weighted by Gasteiger charge is 2.23. The van der Waals surface area contributed by atoms with Gasteiger partial charge in [0.15, 0.2) is 5.13 Å². The molecular weight excluding hydrogens is 346 g/mol. The molecule has 1 aliphatic heterocycles. The van der Waals surface area contributed by atoms with E-state index in [0.717, 1.165) is 34.7 Å². The lowest BCUT2D eigenvalue weighted by molar-refractivity contribution is 0.0747. The lowest BCUT2D eigenvalue weighted by Gasteiger charge is -2.36. The number of hydrogen-bond acceptors (Lipinski definition) is 6. The van der Waals surface area contributed by atoms with Crippen LogP contribution in [-0.2, 0) is 0 Å². The first-order valence-corrected chi connectivity index (χ1v) is 9.47. The maximum atomic E-state index is 12.8. The SMILES string of the molecule is Cc1cc(N2CCN(C(=O)c3ccc4sc(N)nc4c3)CC2)cc(C)n1. The summed E-state index contributed by atoms with van der Waals surface area (Å²) in [7, 11) is 0. The largest absolute Gasteiger partial charge is 0.375 e. The summed E-state index contributed by atoms with van der Waals surface area (Å²) >= 11 is 1.44. The average molecular weight is 367 g/mol. The van der Waals surface area contributed by atoms with E-state index in [1.807, 2.05) is 36.9 Å². The molecule has 3 heterocycles. The molecule has 1 amide bonds. The van der Waals surface area contributed by atoms with E-state index in [0.29, 0.717) is 23.8 Å². The molecule has 3 aromatic rings. The summed E-state index contributed by atoms with van der Waals surface area (Å²) in [5.74, 6) is 0.0558. The van der Waals surface area contributed by atoms with Crippen molar-refractivity contribution >= 4 is 38.3 Å². The molecule has 2 aromatic heterocycles. The highest BCUT2D eigenvalue weighted by atomic mass is 32.1. The van der Waals surface area contributed by atoms with Gasteiger partial charge in [0.25, 0.3) is 5.91 Å². The van der Waals surface area contributed by atoms with Crippen LogP contribution in [0, 0.1) is 13.8 Å². The first-order chi connectivity index (χ1) is 12.5.